The largest absolute Gasteiger partial charge is 0.479 e. The third-order valence-corrected chi connectivity index (χ3v) is 3.12. The van der Waals surface area contributed by atoms with E-state index in [0.29, 0.717) is 17.9 Å². The fraction of sp³-hybridized carbons (Fsp3) is 0.364. The molecule has 92 valence electrons. The first kappa shape index (κ1) is 13.4. The van der Waals surface area contributed by atoms with E-state index in [9.17, 15) is 14.9 Å². The molecular formula is C11H13NO4S. The van der Waals surface area contributed by atoms with E-state index >= 15 is 0 Å². The fourth-order valence-corrected chi connectivity index (χ4v) is 1.98. The van der Waals surface area contributed by atoms with Crippen LogP contribution in [-0.2, 0) is 0 Å². The summed E-state index contributed by atoms with van der Waals surface area (Å²) < 4.78 is 5.30. The smallest absolute Gasteiger partial charge is 0.323 e. The number of hydrogen-bond donors (Lipinski definition) is 0. The van der Waals surface area contributed by atoms with E-state index in [-0.39, 0.29) is 16.5 Å². The zero-order valence-corrected chi connectivity index (χ0v) is 10.5. The second-order valence-electron chi connectivity index (χ2n) is 3.65. The monoisotopic (exact) mass is 255 g/mol. The van der Waals surface area contributed by atoms with Crippen LogP contribution in [0, 0.1) is 10.1 Å². The molecule has 0 atom stereocenters. The Morgan fingerprint density at radius 1 is 1.59 bits per heavy atom. The van der Waals surface area contributed by atoms with Gasteiger partial charge >= 0.3 is 5.69 Å². The quantitative estimate of drug-likeness (QED) is 0.339. The van der Waals surface area contributed by atoms with Crippen LogP contribution in [0.4, 0.5) is 5.69 Å². The first-order chi connectivity index (χ1) is 7.91. The number of ketones is 1. The first-order valence-electron chi connectivity index (χ1n) is 4.98. The molecule has 0 saturated heterocycles. The standard InChI is InChI=1S/C11H13NO4S/c1-7(2)4-5-16-11-9(12(14)15)6-10(17-11)8(3)13/h6H,1,4-5H2,2-3H3. The number of carbonyl (C=O) groups is 1. The van der Waals surface area contributed by atoms with Crippen molar-refractivity contribution in [2.24, 2.45) is 0 Å². The lowest BCUT2D eigenvalue weighted by Crippen LogP contribution is -1.98. The summed E-state index contributed by atoms with van der Waals surface area (Å²) in [4.78, 5) is 21.7. The summed E-state index contributed by atoms with van der Waals surface area (Å²) in [6.07, 6.45) is 0.629. The predicted octanol–water partition coefficient (Wildman–Crippen LogP) is 3.20. The molecule has 1 aromatic heterocycles. The number of nitro groups is 1. The normalized spacial score (nSPS) is 10.0. The summed E-state index contributed by atoms with van der Waals surface area (Å²) in [6, 6.07) is 1.25. The molecule has 1 heterocycles. The summed E-state index contributed by atoms with van der Waals surface area (Å²) in [5.41, 5.74) is 0.790. The van der Waals surface area contributed by atoms with Crippen LogP contribution in [0.25, 0.3) is 0 Å². The number of thiophene rings is 1. The van der Waals surface area contributed by atoms with Crippen molar-refractivity contribution in [1.82, 2.24) is 0 Å². The van der Waals surface area contributed by atoms with Crippen LogP contribution in [0.15, 0.2) is 18.2 Å². The molecule has 0 bridgehead atoms. The molecule has 0 aliphatic carbocycles. The van der Waals surface area contributed by atoms with Crippen LogP contribution in [0.2, 0.25) is 0 Å². The van der Waals surface area contributed by atoms with Gasteiger partial charge < -0.3 is 4.74 Å². The van der Waals surface area contributed by atoms with E-state index in [2.05, 4.69) is 6.58 Å². The lowest BCUT2D eigenvalue weighted by molar-refractivity contribution is -0.385. The molecule has 0 radical (unpaired) electrons. The summed E-state index contributed by atoms with van der Waals surface area (Å²) in [5.74, 6) is -0.201. The number of hydrogen-bond acceptors (Lipinski definition) is 5. The van der Waals surface area contributed by atoms with Crippen LogP contribution in [-0.4, -0.2) is 17.3 Å². The van der Waals surface area contributed by atoms with E-state index in [1.165, 1.54) is 13.0 Å². The highest BCUT2D eigenvalue weighted by Gasteiger charge is 2.22. The van der Waals surface area contributed by atoms with Crippen LogP contribution in [0.5, 0.6) is 5.06 Å². The summed E-state index contributed by atoms with van der Waals surface area (Å²) >= 11 is 1.00. The molecule has 0 amide bonds. The van der Waals surface area contributed by atoms with Crippen LogP contribution in [0.3, 0.4) is 0 Å². The molecule has 0 N–H and O–H groups in total. The Labute approximate surface area is 103 Å². The summed E-state index contributed by atoms with van der Waals surface area (Å²) in [5, 5.41) is 10.9. The van der Waals surface area contributed by atoms with Gasteiger partial charge in [0.05, 0.1) is 16.4 Å². The Morgan fingerprint density at radius 2 is 2.24 bits per heavy atom. The van der Waals surface area contributed by atoms with Crippen molar-refractivity contribution in [3.63, 3.8) is 0 Å². The van der Waals surface area contributed by atoms with Gasteiger partial charge in [-0.25, -0.2) is 0 Å². The molecule has 5 nitrogen and oxygen atoms in total. The van der Waals surface area contributed by atoms with Gasteiger partial charge in [-0.3, -0.25) is 14.9 Å². The van der Waals surface area contributed by atoms with Gasteiger partial charge in [0.25, 0.3) is 5.06 Å². The third-order valence-electron chi connectivity index (χ3n) is 1.99. The average molecular weight is 255 g/mol. The number of ether oxygens (including phenoxy) is 1. The van der Waals surface area contributed by atoms with E-state index in [1.807, 2.05) is 6.92 Å². The van der Waals surface area contributed by atoms with Gasteiger partial charge in [-0.1, -0.05) is 16.9 Å². The zero-order valence-electron chi connectivity index (χ0n) is 9.69. The van der Waals surface area contributed by atoms with E-state index in [4.69, 9.17) is 4.74 Å². The molecule has 1 rings (SSSR count). The van der Waals surface area contributed by atoms with Gasteiger partial charge in [-0.2, -0.15) is 0 Å². The SMILES string of the molecule is C=C(C)CCOc1sc(C(C)=O)cc1[N+](=O)[O-]. The van der Waals surface area contributed by atoms with Crippen molar-refractivity contribution in [2.75, 3.05) is 6.61 Å². The van der Waals surface area contributed by atoms with Crippen molar-refractivity contribution in [3.05, 3.63) is 33.2 Å². The Kier molecular flexibility index (Phi) is 4.39. The first-order valence-corrected chi connectivity index (χ1v) is 5.79. The second-order valence-corrected chi connectivity index (χ2v) is 4.67. The Bertz CT molecular complexity index is 464. The molecule has 0 aliphatic rings. The molecule has 0 unspecified atom stereocenters. The lowest BCUT2D eigenvalue weighted by Gasteiger charge is -2.02. The lowest BCUT2D eigenvalue weighted by atomic mass is 10.3. The zero-order chi connectivity index (χ0) is 13.0. The highest BCUT2D eigenvalue weighted by molar-refractivity contribution is 7.16. The van der Waals surface area contributed by atoms with Gasteiger partial charge in [0.15, 0.2) is 5.78 Å². The van der Waals surface area contributed by atoms with E-state index in [0.717, 1.165) is 16.9 Å². The maximum absolute atomic E-state index is 11.1. The minimum Gasteiger partial charge on any atom is -0.479 e. The van der Waals surface area contributed by atoms with Gasteiger partial charge in [-0.05, 0) is 13.8 Å². The van der Waals surface area contributed by atoms with Crippen LogP contribution in [0.1, 0.15) is 29.9 Å². The van der Waals surface area contributed by atoms with E-state index in [1.54, 1.807) is 0 Å². The Hall–Kier alpha value is -1.69. The molecule has 0 saturated carbocycles. The number of nitrogens with zero attached hydrogens (tertiary/aromatic N) is 1. The number of carbonyl (C=O) groups excluding carboxylic acids is 1. The molecular weight excluding hydrogens is 242 g/mol. The highest BCUT2D eigenvalue weighted by Crippen LogP contribution is 2.37. The van der Waals surface area contributed by atoms with Gasteiger partial charge in [0.1, 0.15) is 0 Å². The van der Waals surface area contributed by atoms with Gasteiger partial charge in [-0.15, -0.1) is 6.58 Å². The minimum absolute atomic E-state index is 0.151. The van der Waals surface area contributed by atoms with Gasteiger partial charge in [0, 0.05) is 12.5 Å². The van der Waals surface area contributed by atoms with Crippen molar-refractivity contribution in [3.8, 4) is 5.06 Å². The highest BCUT2D eigenvalue weighted by atomic mass is 32.1. The molecule has 0 spiro atoms. The van der Waals surface area contributed by atoms with Crippen molar-refractivity contribution < 1.29 is 14.5 Å². The molecule has 0 aromatic carbocycles. The number of rotatable bonds is 6. The molecule has 1 aromatic rings. The van der Waals surface area contributed by atoms with Crippen LogP contribution >= 0.6 is 11.3 Å². The minimum atomic E-state index is -0.543. The second kappa shape index (κ2) is 5.58. The van der Waals surface area contributed by atoms with Crippen molar-refractivity contribution in [1.29, 1.82) is 0 Å². The third kappa shape index (κ3) is 3.67. The Morgan fingerprint density at radius 3 is 2.71 bits per heavy atom. The molecule has 6 heteroatoms. The van der Waals surface area contributed by atoms with Crippen molar-refractivity contribution in [2.45, 2.75) is 20.3 Å². The molecule has 0 aliphatic heterocycles. The maximum atomic E-state index is 11.1. The molecule has 17 heavy (non-hydrogen) atoms. The van der Waals surface area contributed by atoms with Gasteiger partial charge in [0.2, 0.25) is 0 Å². The predicted molar refractivity (Wildman–Crippen MR) is 65.9 cm³/mol. The maximum Gasteiger partial charge on any atom is 0.323 e. The summed E-state index contributed by atoms with van der Waals surface area (Å²) in [7, 11) is 0. The van der Waals surface area contributed by atoms with Crippen LogP contribution < -0.4 is 4.74 Å². The average Bonchev–Trinajstić information content (AvgIpc) is 2.61. The number of Topliss-reactive ketones (excluding diaryl/α,β-unsaturated/α-hetero) is 1. The molecule has 0 fully saturated rings. The fourth-order valence-electron chi connectivity index (χ4n) is 1.09. The topological polar surface area (TPSA) is 69.4 Å². The Balaban J connectivity index is 2.85. The van der Waals surface area contributed by atoms with Crippen molar-refractivity contribution >= 4 is 22.8 Å². The van der Waals surface area contributed by atoms with E-state index < -0.39 is 4.92 Å². The summed E-state index contributed by atoms with van der Waals surface area (Å²) in [6.45, 7) is 7.26.